The van der Waals surface area contributed by atoms with Gasteiger partial charge in [0.05, 0.1) is 7.11 Å². The summed E-state index contributed by atoms with van der Waals surface area (Å²) in [5, 5.41) is 0. The van der Waals surface area contributed by atoms with Crippen molar-refractivity contribution >= 4 is 5.97 Å². The van der Waals surface area contributed by atoms with Gasteiger partial charge in [0.25, 0.3) is 0 Å². The number of hydrogen-bond acceptors (Lipinski definition) is 2. The van der Waals surface area contributed by atoms with Crippen LogP contribution in [-0.2, 0) is 9.53 Å². The molecule has 0 rings (SSSR count). The summed E-state index contributed by atoms with van der Waals surface area (Å²) in [6, 6.07) is 0. The summed E-state index contributed by atoms with van der Waals surface area (Å²) >= 11 is 0. The van der Waals surface area contributed by atoms with Gasteiger partial charge >= 0.3 is 5.97 Å². The summed E-state index contributed by atoms with van der Waals surface area (Å²) in [6.07, 6.45) is 0.727. The lowest BCUT2D eigenvalue weighted by atomic mass is 9.91. The van der Waals surface area contributed by atoms with E-state index in [1.54, 1.807) is 0 Å². The van der Waals surface area contributed by atoms with Crippen molar-refractivity contribution in [2.24, 2.45) is 11.8 Å². The van der Waals surface area contributed by atoms with E-state index in [0.717, 1.165) is 6.42 Å². The van der Waals surface area contributed by atoms with Crippen LogP contribution in [0.15, 0.2) is 12.2 Å². The quantitative estimate of drug-likeness (QED) is 0.478. The van der Waals surface area contributed by atoms with Gasteiger partial charge in [-0.1, -0.05) is 27.4 Å². The molecule has 2 nitrogen and oxygen atoms in total. The van der Waals surface area contributed by atoms with E-state index in [0.29, 0.717) is 17.4 Å². The second-order valence-electron chi connectivity index (χ2n) is 3.52. The molecule has 0 N–H and O–H groups in total. The van der Waals surface area contributed by atoms with Crippen LogP contribution in [0.3, 0.4) is 0 Å². The summed E-state index contributed by atoms with van der Waals surface area (Å²) < 4.78 is 4.55. The van der Waals surface area contributed by atoms with Gasteiger partial charge in [-0.05, 0) is 18.3 Å². The Morgan fingerprint density at radius 1 is 1.42 bits per heavy atom. The standard InChI is InChI=1S/C10H18O2/c1-7(2)8(3)6-9(4)10(11)12-5/h7-8H,4,6H2,1-3,5H3. The van der Waals surface area contributed by atoms with E-state index >= 15 is 0 Å². The lowest BCUT2D eigenvalue weighted by Gasteiger charge is -2.15. The molecule has 0 aliphatic carbocycles. The SMILES string of the molecule is C=C(CC(C)C(C)C)C(=O)OC. The molecule has 0 aliphatic rings. The van der Waals surface area contributed by atoms with Gasteiger partial charge in [-0.3, -0.25) is 0 Å². The maximum atomic E-state index is 10.9. The fraction of sp³-hybridized carbons (Fsp3) is 0.700. The van der Waals surface area contributed by atoms with E-state index in [1.807, 2.05) is 0 Å². The van der Waals surface area contributed by atoms with Crippen LogP contribution in [0.4, 0.5) is 0 Å². The Bertz CT molecular complexity index is 171. The summed E-state index contributed by atoms with van der Waals surface area (Å²) in [5.41, 5.74) is 0.568. The van der Waals surface area contributed by atoms with Crippen LogP contribution in [0.1, 0.15) is 27.2 Å². The molecule has 0 fully saturated rings. The first kappa shape index (κ1) is 11.2. The summed E-state index contributed by atoms with van der Waals surface area (Å²) in [5.74, 6) is 0.769. The molecular weight excluding hydrogens is 152 g/mol. The molecule has 0 aromatic carbocycles. The highest BCUT2D eigenvalue weighted by atomic mass is 16.5. The minimum atomic E-state index is -0.289. The van der Waals surface area contributed by atoms with Gasteiger partial charge in [0.2, 0.25) is 0 Å². The van der Waals surface area contributed by atoms with Crippen molar-refractivity contribution < 1.29 is 9.53 Å². The van der Waals surface area contributed by atoms with Crippen molar-refractivity contribution in [2.75, 3.05) is 7.11 Å². The van der Waals surface area contributed by atoms with Crippen molar-refractivity contribution in [1.29, 1.82) is 0 Å². The zero-order valence-corrected chi connectivity index (χ0v) is 8.39. The van der Waals surface area contributed by atoms with Crippen LogP contribution in [0.2, 0.25) is 0 Å². The molecule has 70 valence electrons. The molecule has 0 aromatic rings. The monoisotopic (exact) mass is 170 g/mol. The second kappa shape index (κ2) is 4.96. The Labute approximate surface area is 74.6 Å². The van der Waals surface area contributed by atoms with E-state index in [4.69, 9.17) is 0 Å². The van der Waals surface area contributed by atoms with Gasteiger partial charge < -0.3 is 4.74 Å². The molecule has 1 unspecified atom stereocenters. The summed E-state index contributed by atoms with van der Waals surface area (Å²) in [6.45, 7) is 10.1. The van der Waals surface area contributed by atoms with Gasteiger partial charge in [-0.15, -0.1) is 0 Å². The Balaban J connectivity index is 3.92. The highest BCUT2D eigenvalue weighted by molar-refractivity contribution is 5.87. The predicted molar refractivity (Wildman–Crippen MR) is 49.8 cm³/mol. The molecule has 1 atom stereocenters. The minimum Gasteiger partial charge on any atom is -0.466 e. The first-order chi connectivity index (χ1) is 5.49. The Kier molecular flexibility index (Phi) is 4.64. The van der Waals surface area contributed by atoms with Gasteiger partial charge in [-0.25, -0.2) is 4.79 Å². The first-order valence-corrected chi connectivity index (χ1v) is 4.25. The average Bonchev–Trinajstić information content (AvgIpc) is 2.02. The number of ether oxygens (including phenoxy) is 1. The number of methoxy groups -OCH3 is 1. The van der Waals surface area contributed by atoms with Gasteiger partial charge in [-0.2, -0.15) is 0 Å². The molecule has 0 spiro atoms. The second-order valence-corrected chi connectivity index (χ2v) is 3.52. The highest BCUT2D eigenvalue weighted by Gasteiger charge is 2.13. The molecule has 0 aliphatic heterocycles. The smallest absolute Gasteiger partial charge is 0.333 e. The van der Waals surface area contributed by atoms with E-state index in [9.17, 15) is 4.79 Å². The minimum absolute atomic E-state index is 0.289. The molecule has 0 bridgehead atoms. The van der Waals surface area contributed by atoms with Crippen molar-refractivity contribution in [1.82, 2.24) is 0 Å². The number of esters is 1. The van der Waals surface area contributed by atoms with E-state index in [1.165, 1.54) is 7.11 Å². The lowest BCUT2D eigenvalue weighted by molar-refractivity contribution is -0.136. The Hall–Kier alpha value is -0.790. The zero-order valence-electron chi connectivity index (χ0n) is 8.39. The Morgan fingerprint density at radius 2 is 1.92 bits per heavy atom. The van der Waals surface area contributed by atoms with Gasteiger partial charge in [0.1, 0.15) is 0 Å². The van der Waals surface area contributed by atoms with E-state index in [2.05, 4.69) is 32.1 Å². The number of carbonyl (C=O) groups is 1. The summed E-state index contributed by atoms with van der Waals surface area (Å²) in [4.78, 5) is 10.9. The average molecular weight is 170 g/mol. The third-order valence-electron chi connectivity index (χ3n) is 2.18. The summed E-state index contributed by atoms with van der Waals surface area (Å²) in [7, 11) is 1.38. The van der Waals surface area contributed by atoms with Crippen LogP contribution in [0.25, 0.3) is 0 Å². The first-order valence-electron chi connectivity index (χ1n) is 4.25. The van der Waals surface area contributed by atoms with Crippen LogP contribution < -0.4 is 0 Å². The largest absolute Gasteiger partial charge is 0.466 e. The normalized spacial score (nSPS) is 12.8. The molecule has 0 aromatic heterocycles. The topological polar surface area (TPSA) is 26.3 Å². The molecule has 2 heteroatoms. The highest BCUT2D eigenvalue weighted by Crippen LogP contribution is 2.18. The molecule has 0 radical (unpaired) electrons. The third-order valence-corrected chi connectivity index (χ3v) is 2.18. The number of rotatable bonds is 4. The molecule has 12 heavy (non-hydrogen) atoms. The molecular formula is C10H18O2. The lowest BCUT2D eigenvalue weighted by Crippen LogP contribution is -2.11. The molecule has 0 amide bonds. The van der Waals surface area contributed by atoms with Crippen LogP contribution in [0.5, 0.6) is 0 Å². The maximum Gasteiger partial charge on any atom is 0.333 e. The molecule has 0 saturated carbocycles. The van der Waals surface area contributed by atoms with Crippen molar-refractivity contribution in [2.45, 2.75) is 27.2 Å². The van der Waals surface area contributed by atoms with Crippen LogP contribution in [0, 0.1) is 11.8 Å². The fourth-order valence-electron chi connectivity index (χ4n) is 0.852. The number of hydrogen-bond donors (Lipinski definition) is 0. The fourth-order valence-corrected chi connectivity index (χ4v) is 0.852. The maximum absolute atomic E-state index is 10.9. The van der Waals surface area contributed by atoms with Crippen molar-refractivity contribution in [3.05, 3.63) is 12.2 Å². The number of carbonyl (C=O) groups excluding carboxylic acids is 1. The van der Waals surface area contributed by atoms with Gasteiger partial charge in [0, 0.05) is 5.57 Å². The van der Waals surface area contributed by atoms with Crippen molar-refractivity contribution in [3.63, 3.8) is 0 Å². The molecule has 0 saturated heterocycles. The van der Waals surface area contributed by atoms with E-state index < -0.39 is 0 Å². The third kappa shape index (κ3) is 3.56. The van der Waals surface area contributed by atoms with Crippen LogP contribution in [-0.4, -0.2) is 13.1 Å². The van der Waals surface area contributed by atoms with Gasteiger partial charge in [0.15, 0.2) is 0 Å². The van der Waals surface area contributed by atoms with Crippen molar-refractivity contribution in [3.8, 4) is 0 Å². The Morgan fingerprint density at radius 3 is 2.25 bits per heavy atom. The van der Waals surface area contributed by atoms with Crippen LogP contribution >= 0.6 is 0 Å². The zero-order chi connectivity index (χ0) is 9.72. The van der Waals surface area contributed by atoms with E-state index in [-0.39, 0.29) is 5.97 Å². The predicted octanol–water partition coefficient (Wildman–Crippen LogP) is 2.40. The molecule has 0 heterocycles.